The Kier molecular flexibility index (Phi) is 8.39. The lowest BCUT2D eigenvalue weighted by Gasteiger charge is -2.25. The molecule has 9 heteroatoms. The van der Waals surface area contributed by atoms with Crippen molar-refractivity contribution in [3.8, 4) is 11.5 Å². The minimum Gasteiger partial charge on any atom is -0.493 e. The minimum absolute atomic E-state index is 0.119. The minimum atomic E-state index is -0.383. The van der Waals surface area contributed by atoms with E-state index in [1.807, 2.05) is 11.0 Å². The van der Waals surface area contributed by atoms with Gasteiger partial charge in [0.25, 0.3) is 11.8 Å². The lowest BCUT2D eigenvalue weighted by molar-refractivity contribution is -0.138. The van der Waals surface area contributed by atoms with E-state index in [2.05, 4.69) is 4.98 Å². The molecule has 0 saturated carbocycles. The molecule has 0 N–H and O–H groups in total. The van der Waals surface area contributed by atoms with Crippen molar-refractivity contribution in [2.45, 2.75) is 6.54 Å². The Morgan fingerprint density at radius 3 is 2.18 bits per heavy atom. The fraction of sp³-hybridized carbons (Fsp3) is 0.375. The first-order valence-corrected chi connectivity index (χ1v) is 10.5. The Hall–Kier alpha value is -3.43. The van der Waals surface area contributed by atoms with E-state index in [4.69, 9.17) is 18.9 Å². The summed E-state index contributed by atoms with van der Waals surface area (Å²) in [5.74, 6) is 0.239. The van der Waals surface area contributed by atoms with Gasteiger partial charge in [0.1, 0.15) is 5.70 Å². The van der Waals surface area contributed by atoms with Crippen LogP contribution in [0.3, 0.4) is 0 Å². The van der Waals surface area contributed by atoms with Gasteiger partial charge in [0.15, 0.2) is 11.5 Å². The van der Waals surface area contributed by atoms with Gasteiger partial charge in [-0.15, -0.1) is 0 Å². The summed E-state index contributed by atoms with van der Waals surface area (Å²) >= 11 is 0. The van der Waals surface area contributed by atoms with Crippen LogP contribution in [0.25, 0.3) is 5.57 Å². The van der Waals surface area contributed by atoms with Gasteiger partial charge in [-0.25, -0.2) is 0 Å². The molecule has 0 aliphatic carbocycles. The van der Waals surface area contributed by atoms with Crippen LogP contribution in [0.1, 0.15) is 11.1 Å². The number of nitrogens with zero attached hydrogens (tertiary/aromatic N) is 3. The van der Waals surface area contributed by atoms with E-state index < -0.39 is 0 Å². The molecule has 2 aromatic rings. The summed E-state index contributed by atoms with van der Waals surface area (Å²) in [7, 11) is 6.25. The molecule has 1 aromatic carbocycles. The molecule has 2 amide bonds. The highest BCUT2D eigenvalue weighted by Crippen LogP contribution is 2.36. The van der Waals surface area contributed by atoms with Crippen molar-refractivity contribution in [2.24, 2.45) is 0 Å². The van der Waals surface area contributed by atoms with E-state index in [0.29, 0.717) is 54.6 Å². The normalized spacial score (nSPS) is 13.6. The first-order valence-electron chi connectivity index (χ1n) is 10.5. The van der Waals surface area contributed by atoms with Crippen molar-refractivity contribution in [3.05, 3.63) is 59.5 Å². The summed E-state index contributed by atoms with van der Waals surface area (Å²) in [4.78, 5) is 34.4. The first-order chi connectivity index (χ1) is 16.0. The molecule has 0 atom stereocenters. The molecular formula is C24H29N3O6. The molecule has 0 bridgehead atoms. The van der Waals surface area contributed by atoms with Crippen LogP contribution in [0.4, 0.5) is 0 Å². The molecule has 0 saturated heterocycles. The zero-order valence-corrected chi connectivity index (χ0v) is 19.4. The Balaban J connectivity index is 2.09. The van der Waals surface area contributed by atoms with Gasteiger partial charge in [-0.3, -0.25) is 19.5 Å². The quantitative estimate of drug-likeness (QED) is 0.449. The van der Waals surface area contributed by atoms with Crippen LogP contribution in [-0.4, -0.2) is 81.3 Å². The second-order valence-electron chi connectivity index (χ2n) is 7.32. The van der Waals surface area contributed by atoms with Crippen molar-refractivity contribution >= 4 is 17.4 Å². The molecule has 1 aromatic heterocycles. The van der Waals surface area contributed by atoms with Crippen molar-refractivity contribution < 1.29 is 28.5 Å². The number of carbonyl (C=O) groups excluding carboxylic acids is 2. The van der Waals surface area contributed by atoms with Crippen molar-refractivity contribution in [1.82, 2.24) is 14.8 Å². The molecule has 33 heavy (non-hydrogen) atoms. The molecule has 9 nitrogen and oxygen atoms in total. The first kappa shape index (κ1) is 24.2. The molecule has 0 fully saturated rings. The second-order valence-corrected chi connectivity index (χ2v) is 7.32. The van der Waals surface area contributed by atoms with Gasteiger partial charge in [-0.1, -0.05) is 12.1 Å². The van der Waals surface area contributed by atoms with E-state index in [1.54, 1.807) is 58.0 Å². The molecule has 2 heterocycles. The van der Waals surface area contributed by atoms with Gasteiger partial charge in [-0.2, -0.15) is 0 Å². The predicted molar refractivity (Wildman–Crippen MR) is 122 cm³/mol. The van der Waals surface area contributed by atoms with Crippen LogP contribution < -0.4 is 9.47 Å². The monoisotopic (exact) mass is 455 g/mol. The summed E-state index contributed by atoms with van der Waals surface area (Å²) in [6.45, 7) is 1.73. The predicted octanol–water partition coefficient (Wildman–Crippen LogP) is 1.97. The van der Waals surface area contributed by atoms with Crippen molar-refractivity contribution in [1.29, 1.82) is 0 Å². The molecule has 176 valence electrons. The zero-order chi connectivity index (χ0) is 23.8. The molecule has 1 aliphatic heterocycles. The summed E-state index contributed by atoms with van der Waals surface area (Å²) in [6, 6.07) is 8.77. The Labute approximate surface area is 193 Å². The highest BCUT2D eigenvalue weighted by molar-refractivity contribution is 6.35. The van der Waals surface area contributed by atoms with Crippen LogP contribution in [0.5, 0.6) is 11.5 Å². The third-order valence-electron chi connectivity index (χ3n) is 5.33. The van der Waals surface area contributed by atoms with Crippen LogP contribution in [0, 0.1) is 0 Å². The summed E-state index contributed by atoms with van der Waals surface area (Å²) < 4.78 is 21.2. The van der Waals surface area contributed by atoms with Crippen LogP contribution in [0.2, 0.25) is 0 Å². The highest BCUT2D eigenvalue weighted by atomic mass is 16.5. The largest absolute Gasteiger partial charge is 0.493 e. The second kappa shape index (κ2) is 11.4. The fourth-order valence-electron chi connectivity index (χ4n) is 3.66. The number of aromatic nitrogens is 1. The molecule has 0 radical (unpaired) electrons. The fourth-order valence-corrected chi connectivity index (χ4v) is 3.66. The molecule has 1 aliphatic rings. The zero-order valence-electron chi connectivity index (χ0n) is 19.4. The molecular weight excluding hydrogens is 426 g/mol. The van der Waals surface area contributed by atoms with Gasteiger partial charge in [0.05, 0.1) is 39.6 Å². The third kappa shape index (κ3) is 5.32. The van der Waals surface area contributed by atoms with E-state index in [9.17, 15) is 9.59 Å². The van der Waals surface area contributed by atoms with E-state index in [0.717, 1.165) is 5.56 Å². The van der Waals surface area contributed by atoms with Gasteiger partial charge < -0.3 is 23.8 Å². The van der Waals surface area contributed by atoms with Gasteiger partial charge in [0.2, 0.25) is 0 Å². The van der Waals surface area contributed by atoms with E-state index in [-0.39, 0.29) is 18.4 Å². The number of amides is 2. The maximum atomic E-state index is 13.6. The average Bonchev–Trinajstić information content (AvgIpc) is 3.09. The maximum absolute atomic E-state index is 13.6. The molecule has 0 unspecified atom stereocenters. The molecule has 0 spiro atoms. The number of ether oxygens (including phenoxy) is 4. The third-order valence-corrected chi connectivity index (χ3v) is 5.33. The van der Waals surface area contributed by atoms with E-state index >= 15 is 0 Å². The number of imide groups is 1. The van der Waals surface area contributed by atoms with Gasteiger partial charge >= 0.3 is 0 Å². The number of pyridine rings is 1. The maximum Gasteiger partial charge on any atom is 0.278 e. The van der Waals surface area contributed by atoms with Crippen LogP contribution in [0.15, 0.2) is 48.4 Å². The summed E-state index contributed by atoms with van der Waals surface area (Å²) in [5, 5.41) is 0. The Bertz CT molecular complexity index is 1000. The SMILES string of the molecule is COCCN(CCOC)C1=C(c2ccc(OC)c(OC)c2)C(=O)N(Cc2cccnc2)C1=O. The van der Waals surface area contributed by atoms with Crippen molar-refractivity contribution in [3.63, 3.8) is 0 Å². The highest BCUT2D eigenvalue weighted by Gasteiger charge is 2.41. The Morgan fingerprint density at radius 2 is 1.61 bits per heavy atom. The van der Waals surface area contributed by atoms with Crippen LogP contribution in [-0.2, 0) is 25.6 Å². The summed E-state index contributed by atoms with van der Waals surface area (Å²) in [5.41, 5.74) is 1.93. The number of carbonyl (C=O) groups is 2. The van der Waals surface area contributed by atoms with Gasteiger partial charge in [-0.05, 0) is 29.3 Å². The van der Waals surface area contributed by atoms with Crippen molar-refractivity contribution in [2.75, 3.05) is 54.7 Å². The number of methoxy groups -OCH3 is 4. The van der Waals surface area contributed by atoms with E-state index in [1.165, 1.54) is 12.0 Å². The Morgan fingerprint density at radius 1 is 0.909 bits per heavy atom. The van der Waals surface area contributed by atoms with Crippen LogP contribution >= 0.6 is 0 Å². The number of benzene rings is 1. The number of hydrogen-bond acceptors (Lipinski definition) is 8. The lowest BCUT2D eigenvalue weighted by Crippen LogP contribution is -2.37. The standard InChI is InChI=1S/C24H29N3O6/c1-30-12-10-26(11-13-31-2)22-21(18-7-8-19(32-3)20(14-18)33-4)23(28)27(24(22)29)16-17-6-5-9-25-15-17/h5-9,14-15H,10-13,16H2,1-4H3. The lowest BCUT2D eigenvalue weighted by atomic mass is 10.0. The topological polar surface area (TPSA) is 90.4 Å². The number of rotatable bonds is 12. The molecule has 3 rings (SSSR count). The van der Waals surface area contributed by atoms with Gasteiger partial charge in [0, 0.05) is 39.7 Å². The smallest absolute Gasteiger partial charge is 0.278 e. The summed E-state index contributed by atoms with van der Waals surface area (Å²) in [6.07, 6.45) is 3.29. The average molecular weight is 456 g/mol. The number of hydrogen-bond donors (Lipinski definition) is 0.